The Balaban J connectivity index is 1.74. The minimum absolute atomic E-state index is 0.188. The first kappa shape index (κ1) is 21.2. The lowest BCUT2D eigenvalue weighted by Crippen LogP contribution is -2.44. The van der Waals surface area contributed by atoms with Crippen LogP contribution in [-0.4, -0.2) is 29.9 Å². The molecule has 0 fully saturated rings. The molecule has 3 N–H and O–H groups in total. The number of hydrogen-bond acceptors (Lipinski definition) is 6. The van der Waals surface area contributed by atoms with Gasteiger partial charge in [-0.05, 0) is 37.7 Å². The molecule has 0 aliphatic heterocycles. The van der Waals surface area contributed by atoms with Crippen molar-refractivity contribution in [2.24, 2.45) is 0 Å². The number of carbonyl (C=O) groups is 2. The number of methoxy groups -OCH3 is 1. The Morgan fingerprint density at radius 1 is 1.19 bits per heavy atom. The van der Waals surface area contributed by atoms with Gasteiger partial charge in [0.05, 0.1) is 18.4 Å². The maximum atomic E-state index is 11.9. The van der Waals surface area contributed by atoms with Crippen LogP contribution >= 0.6 is 35.3 Å². The van der Waals surface area contributed by atoms with Gasteiger partial charge in [0.1, 0.15) is 5.00 Å². The summed E-state index contributed by atoms with van der Waals surface area (Å²) >= 11 is 8.05. The molecular weight excluding hydrogens is 402 g/mol. The molecule has 27 heavy (non-hydrogen) atoms. The van der Waals surface area contributed by atoms with Gasteiger partial charge >= 0.3 is 5.97 Å². The number of ether oxygens (including phenoxy) is 1. The highest BCUT2D eigenvalue weighted by Gasteiger charge is 2.16. The lowest BCUT2D eigenvalue weighted by atomic mass is 10.2. The molecule has 0 aliphatic carbocycles. The summed E-state index contributed by atoms with van der Waals surface area (Å²) in [7, 11) is 1.32. The van der Waals surface area contributed by atoms with Gasteiger partial charge in [0.2, 0.25) is 5.91 Å². The zero-order chi connectivity index (χ0) is 19.8. The van der Waals surface area contributed by atoms with Gasteiger partial charge in [-0.25, -0.2) is 4.79 Å². The van der Waals surface area contributed by atoms with E-state index < -0.39 is 5.97 Å². The van der Waals surface area contributed by atoms with E-state index in [1.165, 1.54) is 41.3 Å². The van der Waals surface area contributed by atoms with Crippen LogP contribution in [0.15, 0.2) is 30.3 Å². The Morgan fingerprint density at radius 2 is 1.89 bits per heavy atom. The van der Waals surface area contributed by atoms with Crippen LogP contribution in [0.3, 0.4) is 0 Å². The molecule has 0 bridgehead atoms. The molecule has 0 unspecified atom stereocenters. The zero-order valence-corrected chi connectivity index (χ0v) is 17.7. The summed E-state index contributed by atoms with van der Waals surface area (Å²) in [5, 5.41) is 3.67. The Kier molecular flexibility index (Phi) is 8.08. The predicted octanol–water partition coefficient (Wildman–Crippen LogP) is 3.40. The van der Waals surface area contributed by atoms with Gasteiger partial charge in [0.15, 0.2) is 5.11 Å². The molecule has 1 amide bonds. The molecule has 0 spiro atoms. The molecule has 9 heteroatoms. The highest BCUT2D eigenvalue weighted by atomic mass is 32.2. The highest BCUT2D eigenvalue weighted by Crippen LogP contribution is 2.28. The number of hydrazine groups is 1. The standard InChI is InChI=1S/C18H21N3O3S3/c1-11-4-6-13(7-5-11)9-26-10-15(22)20-21-18(25)19-16-14(17(23)24-3)8-12(2)27-16/h4-8H,9-10H2,1-3H3,(H,20,22)(H2,19,21,25). The van der Waals surface area contributed by atoms with Gasteiger partial charge in [-0.3, -0.25) is 15.6 Å². The van der Waals surface area contributed by atoms with E-state index >= 15 is 0 Å². The fourth-order valence-corrected chi connectivity index (χ4v) is 4.02. The number of thioether (sulfide) groups is 1. The molecular formula is C18H21N3O3S3. The Hall–Kier alpha value is -2.10. The summed E-state index contributed by atoms with van der Waals surface area (Å²) < 4.78 is 4.75. The third-order valence-electron chi connectivity index (χ3n) is 3.43. The minimum Gasteiger partial charge on any atom is -0.465 e. The van der Waals surface area contributed by atoms with E-state index in [1.54, 1.807) is 6.07 Å². The maximum Gasteiger partial charge on any atom is 0.340 e. The summed E-state index contributed by atoms with van der Waals surface area (Å²) in [5.41, 5.74) is 7.98. The van der Waals surface area contributed by atoms with Crippen molar-refractivity contribution in [3.05, 3.63) is 51.9 Å². The number of amides is 1. The molecule has 0 radical (unpaired) electrons. The summed E-state index contributed by atoms with van der Waals surface area (Å²) in [6, 6.07) is 9.94. The van der Waals surface area contributed by atoms with Crippen molar-refractivity contribution in [3.63, 3.8) is 0 Å². The number of thiophene rings is 1. The number of thiocarbonyl (C=S) groups is 1. The number of rotatable bonds is 6. The number of hydrogen-bond donors (Lipinski definition) is 3. The van der Waals surface area contributed by atoms with Crippen LogP contribution < -0.4 is 16.2 Å². The van der Waals surface area contributed by atoms with Crippen LogP contribution in [0.2, 0.25) is 0 Å². The predicted molar refractivity (Wildman–Crippen MR) is 115 cm³/mol. The van der Waals surface area contributed by atoms with E-state index in [1.807, 2.05) is 13.8 Å². The lowest BCUT2D eigenvalue weighted by molar-refractivity contribution is -0.119. The number of benzene rings is 1. The first-order valence-corrected chi connectivity index (χ1v) is 10.4. The van der Waals surface area contributed by atoms with Crippen LogP contribution in [-0.2, 0) is 15.3 Å². The highest BCUT2D eigenvalue weighted by molar-refractivity contribution is 7.99. The van der Waals surface area contributed by atoms with E-state index in [2.05, 4.69) is 40.4 Å². The van der Waals surface area contributed by atoms with Crippen molar-refractivity contribution in [1.29, 1.82) is 0 Å². The van der Waals surface area contributed by atoms with Crippen LogP contribution in [0.25, 0.3) is 0 Å². The molecule has 144 valence electrons. The first-order valence-electron chi connectivity index (χ1n) is 8.07. The van der Waals surface area contributed by atoms with Crippen molar-refractivity contribution in [3.8, 4) is 0 Å². The maximum absolute atomic E-state index is 11.9. The zero-order valence-electron chi connectivity index (χ0n) is 15.3. The van der Waals surface area contributed by atoms with Crippen LogP contribution in [0, 0.1) is 13.8 Å². The van der Waals surface area contributed by atoms with Crippen LogP contribution in [0.4, 0.5) is 5.00 Å². The van der Waals surface area contributed by atoms with E-state index in [4.69, 9.17) is 17.0 Å². The van der Waals surface area contributed by atoms with Crippen molar-refractivity contribution < 1.29 is 14.3 Å². The lowest BCUT2D eigenvalue weighted by Gasteiger charge is -2.11. The van der Waals surface area contributed by atoms with Gasteiger partial charge in [0, 0.05) is 10.6 Å². The fraction of sp³-hybridized carbons (Fsp3) is 0.278. The van der Waals surface area contributed by atoms with Crippen molar-refractivity contribution in [1.82, 2.24) is 10.9 Å². The molecule has 1 aromatic carbocycles. The summed E-state index contributed by atoms with van der Waals surface area (Å²) in [4.78, 5) is 24.6. The largest absolute Gasteiger partial charge is 0.465 e. The number of nitrogens with one attached hydrogen (secondary N) is 3. The molecule has 0 saturated heterocycles. The average Bonchev–Trinajstić information content (AvgIpc) is 3.01. The van der Waals surface area contributed by atoms with E-state index in [9.17, 15) is 9.59 Å². The van der Waals surface area contributed by atoms with Crippen LogP contribution in [0.5, 0.6) is 0 Å². The van der Waals surface area contributed by atoms with Crippen molar-refractivity contribution in [2.45, 2.75) is 19.6 Å². The summed E-state index contributed by atoms with van der Waals surface area (Å²) in [6.07, 6.45) is 0. The normalized spacial score (nSPS) is 10.2. The van der Waals surface area contributed by atoms with Gasteiger partial charge in [-0.1, -0.05) is 29.8 Å². The quantitative estimate of drug-likeness (QED) is 0.373. The first-order chi connectivity index (χ1) is 12.9. The number of esters is 1. The third-order valence-corrected chi connectivity index (χ3v) is 5.60. The molecule has 0 atom stereocenters. The smallest absolute Gasteiger partial charge is 0.340 e. The topological polar surface area (TPSA) is 79.5 Å². The second kappa shape index (κ2) is 10.3. The summed E-state index contributed by atoms with van der Waals surface area (Å²) in [6.45, 7) is 3.92. The molecule has 2 aromatic rings. The average molecular weight is 424 g/mol. The van der Waals surface area contributed by atoms with Gasteiger partial charge in [-0.2, -0.15) is 0 Å². The molecule has 1 aromatic heterocycles. The molecule has 0 saturated carbocycles. The Labute approximate surface area is 172 Å². The number of anilines is 1. The van der Waals surface area contributed by atoms with Crippen molar-refractivity contribution in [2.75, 3.05) is 18.2 Å². The summed E-state index contributed by atoms with van der Waals surface area (Å²) in [5.74, 6) is 0.426. The Bertz CT molecular complexity index is 819. The van der Waals surface area contributed by atoms with Gasteiger partial charge < -0.3 is 10.1 Å². The monoisotopic (exact) mass is 423 g/mol. The second-order valence-corrected chi connectivity index (χ2v) is 8.35. The van der Waals surface area contributed by atoms with Crippen molar-refractivity contribution >= 4 is 57.3 Å². The number of carbonyl (C=O) groups excluding carboxylic acids is 2. The molecule has 6 nitrogen and oxygen atoms in total. The van der Waals surface area contributed by atoms with Gasteiger partial charge in [0.25, 0.3) is 0 Å². The SMILES string of the molecule is COC(=O)c1cc(C)sc1NC(=S)NNC(=O)CSCc1ccc(C)cc1. The molecule has 0 aliphatic rings. The minimum atomic E-state index is -0.443. The third kappa shape index (κ3) is 6.85. The second-order valence-electron chi connectivity index (χ2n) is 5.70. The fourth-order valence-electron chi connectivity index (χ4n) is 2.11. The molecule has 2 rings (SSSR count). The van der Waals surface area contributed by atoms with E-state index in [-0.39, 0.29) is 11.0 Å². The van der Waals surface area contributed by atoms with Crippen LogP contribution in [0.1, 0.15) is 26.4 Å². The van der Waals surface area contributed by atoms with E-state index in [0.717, 1.165) is 10.6 Å². The number of aryl methyl sites for hydroxylation is 2. The molecule has 1 heterocycles. The van der Waals surface area contributed by atoms with E-state index in [0.29, 0.717) is 16.3 Å². The van der Waals surface area contributed by atoms with Gasteiger partial charge in [-0.15, -0.1) is 23.1 Å². The Morgan fingerprint density at radius 3 is 2.56 bits per heavy atom.